The highest BCUT2D eigenvalue weighted by molar-refractivity contribution is 5.68. The fraction of sp³-hybridized carbons (Fsp3) is 0.750. The summed E-state index contributed by atoms with van der Waals surface area (Å²) in [5, 5.41) is 0. The van der Waals surface area contributed by atoms with Crippen molar-refractivity contribution in [2.75, 3.05) is 6.79 Å². The van der Waals surface area contributed by atoms with E-state index >= 15 is 0 Å². The number of hydrogen-bond acceptors (Lipinski definition) is 4. The molecule has 0 aromatic carbocycles. The normalized spacial score (nSPS) is 8.75. The van der Waals surface area contributed by atoms with E-state index in [0.29, 0.717) is 6.42 Å². The molecule has 4 nitrogen and oxygen atoms in total. The van der Waals surface area contributed by atoms with Gasteiger partial charge in [0.25, 0.3) is 0 Å². The summed E-state index contributed by atoms with van der Waals surface area (Å²) in [5.74, 6) is 4.24. The van der Waals surface area contributed by atoms with Crippen LogP contribution in [0.1, 0.15) is 13.3 Å². The Balaban J connectivity index is 2.99. The lowest BCUT2D eigenvalue weighted by molar-refractivity contribution is -0.156. The van der Waals surface area contributed by atoms with Crippen molar-refractivity contribution in [3.63, 3.8) is 0 Å². The third-order valence-corrected chi connectivity index (χ3v) is 0.577. The predicted octanol–water partition coefficient (Wildman–Crippen LogP) is -0.213. The second-order valence-corrected chi connectivity index (χ2v) is 1.15. The van der Waals surface area contributed by atoms with Crippen LogP contribution in [-0.4, -0.2) is 12.8 Å². The molecule has 0 bridgehead atoms. The van der Waals surface area contributed by atoms with E-state index in [1.54, 1.807) is 6.92 Å². The molecule has 8 heavy (non-hydrogen) atoms. The molecule has 0 aliphatic carbocycles. The van der Waals surface area contributed by atoms with Crippen LogP contribution in [0.5, 0.6) is 0 Å². The van der Waals surface area contributed by atoms with Gasteiger partial charge in [0.1, 0.15) is 0 Å². The minimum absolute atomic E-state index is 0.160. The summed E-state index contributed by atoms with van der Waals surface area (Å²) in [4.78, 5) is 14.2. The molecule has 0 aliphatic heterocycles. The number of rotatable bonds is 3. The average molecular weight is 119 g/mol. The minimum Gasteiger partial charge on any atom is -0.437 e. The van der Waals surface area contributed by atoms with E-state index in [4.69, 9.17) is 0 Å². The Bertz CT molecular complexity index is 73.7. The van der Waals surface area contributed by atoms with Crippen molar-refractivity contribution >= 4 is 5.97 Å². The van der Waals surface area contributed by atoms with Crippen LogP contribution in [-0.2, 0) is 14.4 Å². The lowest BCUT2D eigenvalue weighted by Crippen LogP contribution is -2.09. The zero-order valence-corrected chi connectivity index (χ0v) is 4.72. The summed E-state index contributed by atoms with van der Waals surface area (Å²) >= 11 is 0. The fourth-order valence-corrected chi connectivity index (χ4v) is 0.202. The standard InChI is InChI=1S/C4H9NO3/c1-2-4(6)7-3-8-5/h2-3,5H2,1H3. The van der Waals surface area contributed by atoms with Gasteiger partial charge in [-0.3, -0.25) is 9.63 Å². The molecule has 0 aromatic rings. The van der Waals surface area contributed by atoms with Gasteiger partial charge < -0.3 is 4.74 Å². The monoisotopic (exact) mass is 119 g/mol. The fourth-order valence-electron chi connectivity index (χ4n) is 0.202. The minimum atomic E-state index is -0.310. The van der Waals surface area contributed by atoms with Gasteiger partial charge in [-0.25, -0.2) is 5.90 Å². The van der Waals surface area contributed by atoms with E-state index in [-0.39, 0.29) is 12.8 Å². The molecule has 0 saturated carbocycles. The van der Waals surface area contributed by atoms with Gasteiger partial charge >= 0.3 is 5.97 Å². The summed E-state index contributed by atoms with van der Waals surface area (Å²) < 4.78 is 4.35. The second-order valence-electron chi connectivity index (χ2n) is 1.15. The Morgan fingerprint density at radius 2 is 2.38 bits per heavy atom. The third kappa shape index (κ3) is 3.58. The average Bonchev–Trinajstić information content (AvgIpc) is 1.83. The van der Waals surface area contributed by atoms with Gasteiger partial charge in [0.15, 0.2) is 0 Å². The molecule has 4 heteroatoms. The maximum atomic E-state index is 10.2. The van der Waals surface area contributed by atoms with Gasteiger partial charge in [0.05, 0.1) is 0 Å². The highest BCUT2D eigenvalue weighted by Gasteiger charge is 1.93. The van der Waals surface area contributed by atoms with Crippen molar-refractivity contribution in [1.82, 2.24) is 0 Å². The lowest BCUT2D eigenvalue weighted by atomic mass is 10.5. The van der Waals surface area contributed by atoms with Crippen LogP contribution in [0.2, 0.25) is 0 Å². The Kier molecular flexibility index (Phi) is 4.20. The predicted molar refractivity (Wildman–Crippen MR) is 26.5 cm³/mol. The first-order chi connectivity index (χ1) is 3.81. The topological polar surface area (TPSA) is 61.5 Å². The number of esters is 1. The second kappa shape index (κ2) is 4.55. The van der Waals surface area contributed by atoms with E-state index in [2.05, 4.69) is 15.5 Å². The molecule has 0 amide bonds. The summed E-state index contributed by atoms with van der Waals surface area (Å²) in [6.45, 7) is 1.53. The van der Waals surface area contributed by atoms with Gasteiger partial charge in [-0.15, -0.1) is 0 Å². The molecule has 0 radical (unpaired) electrons. The van der Waals surface area contributed by atoms with E-state index in [1.807, 2.05) is 0 Å². The van der Waals surface area contributed by atoms with E-state index in [1.165, 1.54) is 0 Å². The van der Waals surface area contributed by atoms with Gasteiger partial charge in [-0.1, -0.05) is 6.92 Å². The smallest absolute Gasteiger partial charge is 0.307 e. The molecule has 0 fully saturated rings. The lowest BCUT2D eigenvalue weighted by Gasteiger charge is -1.97. The Morgan fingerprint density at radius 3 is 2.75 bits per heavy atom. The molecule has 0 unspecified atom stereocenters. The Labute approximate surface area is 47.5 Å². The van der Waals surface area contributed by atoms with Crippen LogP contribution in [0.25, 0.3) is 0 Å². The molecule has 0 aliphatic rings. The molecule has 0 rings (SSSR count). The van der Waals surface area contributed by atoms with Crippen molar-refractivity contribution < 1.29 is 14.4 Å². The van der Waals surface area contributed by atoms with E-state index in [9.17, 15) is 4.79 Å². The third-order valence-electron chi connectivity index (χ3n) is 0.577. The molecule has 0 saturated heterocycles. The number of hydrogen-bond donors (Lipinski definition) is 1. The van der Waals surface area contributed by atoms with Crippen LogP contribution in [0.15, 0.2) is 0 Å². The van der Waals surface area contributed by atoms with Crippen LogP contribution in [0, 0.1) is 0 Å². The SMILES string of the molecule is CCC(=O)OCON. The molecule has 0 spiro atoms. The van der Waals surface area contributed by atoms with Gasteiger partial charge in [-0.2, -0.15) is 0 Å². The number of ether oxygens (including phenoxy) is 1. The van der Waals surface area contributed by atoms with Crippen LogP contribution >= 0.6 is 0 Å². The molecule has 0 atom stereocenters. The summed E-state index contributed by atoms with van der Waals surface area (Å²) in [6.07, 6.45) is 0.351. The first kappa shape index (κ1) is 7.39. The zero-order chi connectivity index (χ0) is 6.41. The van der Waals surface area contributed by atoms with Crippen molar-refractivity contribution in [2.24, 2.45) is 5.90 Å². The van der Waals surface area contributed by atoms with E-state index < -0.39 is 0 Å². The molecular weight excluding hydrogens is 110 g/mol. The van der Waals surface area contributed by atoms with Gasteiger partial charge in [0.2, 0.25) is 6.79 Å². The van der Waals surface area contributed by atoms with E-state index in [0.717, 1.165) is 0 Å². The highest BCUT2D eigenvalue weighted by atomic mass is 16.7. The maximum Gasteiger partial charge on any atom is 0.307 e. The maximum absolute atomic E-state index is 10.2. The summed E-state index contributed by atoms with van der Waals surface area (Å²) in [5.41, 5.74) is 0. The Hall–Kier alpha value is -0.610. The van der Waals surface area contributed by atoms with Crippen LogP contribution < -0.4 is 5.90 Å². The highest BCUT2D eigenvalue weighted by Crippen LogP contribution is 1.81. The first-order valence-electron chi connectivity index (χ1n) is 2.28. The van der Waals surface area contributed by atoms with Gasteiger partial charge in [0, 0.05) is 6.42 Å². The van der Waals surface area contributed by atoms with Crippen molar-refractivity contribution in [3.8, 4) is 0 Å². The van der Waals surface area contributed by atoms with Gasteiger partial charge in [-0.05, 0) is 0 Å². The number of nitrogens with two attached hydrogens (primary N) is 1. The van der Waals surface area contributed by atoms with Crippen molar-refractivity contribution in [1.29, 1.82) is 0 Å². The van der Waals surface area contributed by atoms with Crippen LogP contribution in [0.4, 0.5) is 0 Å². The molecule has 2 N–H and O–H groups in total. The number of carbonyl (C=O) groups is 1. The first-order valence-corrected chi connectivity index (χ1v) is 2.28. The zero-order valence-electron chi connectivity index (χ0n) is 4.72. The molecule has 0 aromatic heterocycles. The molecule has 0 heterocycles. The summed E-state index contributed by atoms with van der Waals surface area (Å²) in [6, 6.07) is 0. The van der Waals surface area contributed by atoms with Crippen LogP contribution in [0.3, 0.4) is 0 Å². The molecule has 48 valence electrons. The largest absolute Gasteiger partial charge is 0.437 e. The van der Waals surface area contributed by atoms with Crippen molar-refractivity contribution in [3.05, 3.63) is 0 Å². The molecular formula is C4H9NO3. The number of carbonyl (C=O) groups excluding carboxylic acids is 1. The summed E-state index contributed by atoms with van der Waals surface area (Å²) in [7, 11) is 0. The Morgan fingerprint density at radius 1 is 1.75 bits per heavy atom. The quantitative estimate of drug-likeness (QED) is 0.317. The van der Waals surface area contributed by atoms with Crippen molar-refractivity contribution in [2.45, 2.75) is 13.3 Å².